The minimum atomic E-state index is -0.834. The van der Waals surface area contributed by atoms with Crippen molar-refractivity contribution in [3.63, 3.8) is 0 Å². The summed E-state index contributed by atoms with van der Waals surface area (Å²) < 4.78 is 0. The number of aromatic nitrogens is 2. The number of nitrogens with zero attached hydrogens (tertiary/aromatic N) is 4. The average Bonchev–Trinajstić information content (AvgIpc) is 2.47. The number of hydrogen-bond acceptors (Lipinski definition) is 5. The number of rotatable bonds is 1. The van der Waals surface area contributed by atoms with Crippen molar-refractivity contribution in [1.82, 2.24) is 15.3 Å². The Morgan fingerprint density at radius 3 is 2.67 bits per heavy atom. The SMILES string of the molecule is Cc1nc2cc(C#N)c(C#N)cc2[nH]/c1=N/C(=O)NC=O. The zero-order chi connectivity index (χ0) is 15.4. The van der Waals surface area contributed by atoms with Crippen LogP contribution in [0.15, 0.2) is 17.1 Å². The maximum absolute atomic E-state index is 11.3. The second-order valence-corrected chi connectivity index (χ2v) is 3.99. The van der Waals surface area contributed by atoms with Gasteiger partial charge in [-0.15, -0.1) is 0 Å². The van der Waals surface area contributed by atoms with Crippen molar-refractivity contribution < 1.29 is 9.59 Å². The molecular weight excluding hydrogens is 272 g/mol. The van der Waals surface area contributed by atoms with Crippen LogP contribution in [-0.2, 0) is 4.79 Å². The van der Waals surface area contributed by atoms with Gasteiger partial charge < -0.3 is 4.98 Å². The van der Waals surface area contributed by atoms with Crippen molar-refractivity contribution >= 4 is 23.5 Å². The van der Waals surface area contributed by atoms with Gasteiger partial charge in [0, 0.05) is 0 Å². The number of aromatic amines is 1. The highest BCUT2D eigenvalue weighted by molar-refractivity contribution is 5.85. The fourth-order valence-electron chi connectivity index (χ4n) is 1.71. The molecule has 8 nitrogen and oxygen atoms in total. The topological polar surface area (TPSA) is 135 Å². The number of amides is 3. The van der Waals surface area contributed by atoms with Crippen LogP contribution in [-0.4, -0.2) is 22.4 Å². The van der Waals surface area contributed by atoms with Crippen LogP contribution in [0.1, 0.15) is 16.8 Å². The molecule has 2 rings (SSSR count). The summed E-state index contributed by atoms with van der Waals surface area (Å²) in [6.07, 6.45) is 0.225. The first kappa shape index (κ1) is 13.9. The van der Waals surface area contributed by atoms with Crippen molar-refractivity contribution in [2.75, 3.05) is 0 Å². The first-order chi connectivity index (χ1) is 10.1. The molecule has 0 aliphatic rings. The molecule has 1 aromatic heterocycles. The van der Waals surface area contributed by atoms with Crippen LogP contribution in [0.3, 0.4) is 0 Å². The molecule has 102 valence electrons. The van der Waals surface area contributed by atoms with E-state index in [0.29, 0.717) is 16.7 Å². The van der Waals surface area contributed by atoms with E-state index in [-0.39, 0.29) is 23.0 Å². The van der Waals surface area contributed by atoms with E-state index in [0.717, 1.165) is 0 Å². The highest BCUT2D eigenvalue weighted by atomic mass is 16.2. The molecule has 0 saturated carbocycles. The van der Waals surface area contributed by atoms with E-state index in [4.69, 9.17) is 10.5 Å². The zero-order valence-corrected chi connectivity index (χ0v) is 10.8. The molecule has 0 unspecified atom stereocenters. The van der Waals surface area contributed by atoms with E-state index in [1.807, 2.05) is 17.5 Å². The molecule has 0 saturated heterocycles. The number of carbonyl (C=O) groups excluding carboxylic acids is 2. The normalized spacial score (nSPS) is 10.7. The van der Waals surface area contributed by atoms with Crippen LogP contribution in [0.4, 0.5) is 4.79 Å². The Bertz CT molecular complexity index is 898. The van der Waals surface area contributed by atoms with Crippen LogP contribution in [0.5, 0.6) is 0 Å². The van der Waals surface area contributed by atoms with Gasteiger partial charge in [0.2, 0.25) is 6.41 Å². The molecule has 0 atom stereocenters. The standard InChI is InChI=1S/C13H8N6O2/c1-7-12(19-13(21)16-6-20)18-11-3-9(5-15)8(4-14)2-10(11)17-7/h2-3,6H,1H3,(H2,16,18,19,20,21). The Labute approximate surface area is 118 Å². The number of imide groups is 1. The summed E-state index contributed by atoms with van der Waals surface area (Å²) in [4.78, 5) is 32.2. The van der Waals surface area contributed by atoms with Crippen LogP contribution in [0.2, 0.25) is 0 Å². The quantitative estimate of drug-likeness (QED) is 0.728. The molecule has 2 N–H and O–H groups in total. The Morgan fingerprint density at radius 2 is 2.05 bits per heavy atom. The smallest absolute Gasteiger partial charge is 0.337 e. The number of urea groups is 1. The monoisotopic (exact) mass is 280 g/mol. The molecule has 8 heteroatoms. The molecule has 0 aliphatic heterocycles. The molecule has 1 heterocycles. The number of nitriles is 2. The number of hydrogen-bond donors (Lipinski definition) is 2. The van der Waals surface area contributed by atoms with E-state index in [9.17, 15) is 9.59 Å². The maximum atomic E-state index is 11.3. The second kappa shape index (κ2) is 5.63. The van der Waals surface area contributed by atoms with Crippen LogP contribution < -0.4 is 10.8 Å². The average molecular weight is 280 g/mol. The Balaban J connectivity index is 2.71. The van der Waals surface area contributed by atoms with Crippen molar-refractivity contribution in [3.8, 4) is 12.1 Å². The summed E-state index contributed by atoms with van der Waals surface area (Å²) in [6, 6.07) is 5.93. The third-order valence-corrected chi connectivity index (χ3v) is 2.66. The number of fused-ring (bicyclic) bond motifs is 1. The van der Waals surface area contributed by atoms with Crippen molar-refractivity contribution in [2.24, 2.45) is 4.99 Å². The van der Waals surface area contributed by atoms with Gasteiger partial charge in [-0.1, -0.05) is 0 Å². The molecule has 0 bridgehead atoms. The first-order valence-corrected chi connectivity index (χ1v) is 5.72. The maximum Gasteiger partial charge on any atom is 0.349 e. The first-order valence-electron chi connectivity index (χ1n) is 5.72. The fourth-order valence-corrected chi connectivity index (χ4v) is 1.71. The minimum absolute atomic E-state index is 0.162. The van der Waals surface area contributed by atoms with Crippen molar-refractivity contribution in [1.29, 1.82) is 10.5 Å². The predicted molar refractivity (Wildman–Crippen MR) is 70.4 cm³/mol. The van der Waals surface area contributed by atoms with Gasteiger partial charge in [0.1, 0.15) is 12.1 Å². The van der Waals surface area contributed by atoms with Gasteiger partial charge in [-0.2, -0.15) is 15.5 Å². The highest BCUT2D eigenvalue weighted by Gasteiger charge is 2.07. The van der Waals surface area contributed by atoms with Gasteiger partial charge in [0.15, 0.2) is 5.49 Å². The highest BCUT2D eigenvalue weighted by Crippen LogP contribution is 2.15. The van der Waals surface area contributed by atoms with Gasteiger partial charge in [-0.25, -0.2) is 9.78 Å². The summed E-state index contributed by atoms with van der Waals surface area (Å²) in [6.45, 7) is 1.62. The minimum Gasteiger partial charge on any atom is -0.337 e. The van der Waals surface area contributed by atoms with Crippen LogP contribution in [0, 0.1) is 29.6 Å². The summed E-state index contributed by atoms with van der Waals surface area (Å²) in [7, 11) is 0. The number of aryl methyl sites for hydroxylation is 1. The van der Waals surface area contributed by atoms with Gasteiger partial charge in [-0.3, -0.25) is 10.1 Å². The van der Waals surface area contributed by atoms with Gasteiger partial charge in [-0.05, 0) is 19.1 Å². The van der Waals surface area contributed by atoms with E-state index in [2.05, 4.69) is 15.0 Å². The van der Waals surface area contributed by atoms with E-state index in [1.54, 1.807) is 6.92 Å². The molecule has 21 heavy (non-hydrogen) atoms. The van der Waals surface area contributed by atoms with Crippen molar-refractivity contribution in [2.45, 2.75) is 6.92 Å². The fraction of sp³-hybridized carbons (Fsp3) is 0.0769. The third-order valence-electron chi connectivity index (χ3n) is 2.66. The Hall–Kier alpha value is -3.52. The number of benzene rings is 1. The molecule has 0 radical (unpaired) electrons. The summed E-state index contributed by atoms with van der Waals surface area (Å²) in [5.74, 6) is 0. The summed E-state index contributed by atoms with van der Waals surface area (Å²) in [5, 5.41) is 19.8. The Morgan fingerprint density at radius 1 is 1.38 bits per heavy atom. The molecule has 0 spiro atoms. The third kappa shape index (κ3) is 2.74. The molecule has 0 fully saturated rings. The van der Waals surface area contributed by atoms with Crippen LogP contribution in [0.25, 0.3) is 11.0 Å². The van der Waals surface area contributed by atoms with Crippen LogP contribution >= 0.6 is 0 Å². The molecule has 1 aromatic carbocycles. The Kier molecular flexibility index (Phi) is 3.73. The zero-order valence-electron chi connectivity index (χ0n) is 10.8. The van der Waals surface area contributed by atoms with E-state index >= 15 is 0 Å². The predicted octanol–water partition coefficient (Wildman–Crippen LogP) is 0.381. The lowest BCUT2D eigenvalue weighted by Crippen LogP contribution is -2.23. The van der Waals surface area contributed by atoms with E-state index < -0.39 is 6.03 Å². The number of nitrogens with one attached hydrogen (secondary N) is 2. The number of carbonyl (C=O) groups is 2. The van der Waals surface area contributed by atoms with Gasteiger partial charge >= 0.3 is 6.03 Å². The number of H-pyrrole nitrogens is 1. The second-order valence-electron chi connectivity index (χ2n) is 3.99. The summed E-state index contributed by atoms with van der Waals surface area (Å²) in [5.41, 5.74) is 1.91. The molecular formula is C13H8N6O2. The largest absolute Gasteiger partial charge is 0.349 e. The summed E-state index contributed by atoms with van der Waals surface area (Å²) >= 11 is 0. The van der Waals surface area contributed by atoms with Crippen molar-refractivity contribution in [3.05, 3.63) is 34.4 Å². The lowest BCUT2D eigenvalue weighted by molar-refractivity contribution is -0.108. The molecule has 2 aromatic rings. The molecule has 0 aliphatic carbocycles. The lowest BCUT2D eigenvalue weighted by atomic mass is 10.1. The lowest BCUT2D eigenvalue weighted by Gasteiger charge is -2.03. The van der Waals surface area contributed by atoms with Gasteiger partial charge in [0.05, 0.1) is 27.9 Å². The van der Waals surface area contributed by atoms with Gasteiger partial charge in [0.25, 0.3) is 0 Å². The van der Waals surface area contributed by atoms with E-state index in [1.165, 1.54) is 12.1 Å². The molecule has 3 amide bonds.